The van der Waals surface area contributed by atoms with Crippen molar-refractivity contribution in [3.63, 3.8) is 0 Å². The third-order valence-corrected chi connectivity index (χ3v) is 6.40. The molecule has 0 unspecified atom stereocenters. The van der Waals surface area contributed by atoms with Gasteiger partial charge in [-0.25, -0.2) is 13.1 Å². The second kappa shape index (κ2) is 9.87. The minimum atomic E-state index is -3.66. The molecule has 8 heteroatoms. The highest BCUT2D eigenvalue weighted by atomic mass is 79.9. The minimum Gasteiger partial charge on any atom is -0.496 e. The van der Waals surface area contributed by atoms with Crippen LogP contribution in [0.2, 0.25) is 0 Å². The molecule has 0 radical (unpaired) electrons. The zero-order valence-electron chi connectivity index (χ0n) is 15.3. The maximum atomic E-state index is 12.2. The number of ether oxygens (including phenoxy) is 1. The molecular weight excluding hydrogens is 432 g/mol. The van der Waals surface area contributed by atoms with Crippen LogP contribution in [0.15, 0.2) is 51.8 Å². The van der Waals surface area contributed by atoms with E-state index in [1.54, 1.807) is 25.3 Å². The van der Waals surface area contributed by atoms with Crippen LogP contribution in [0.4, 0.5) is 0 Å². The van der Waals surface area contributed by atoms with Gasteiger partial charge in [0.05, 0.1) is 12.0 Å². The number of rotatable bonds is 9. The molecule has 2 aromatic rings. The number of nitrogens with one attached hydrogen (secondary N) is 2. The first-order valence-electron chi connectivity index (χ1n) is 8.48. The number of hydrogen-bond acceptors (Lipinski definition) is 4. The van der Waals surface area contributed by atoms with Crippen LogP contribution in [-0.2, 0) is 21.2 Å². The molecule has 0 saturated heterocycles. The molecule has 0 heterocycles. The zero-order valence-corrected chi connectivity index (χ0v) is 17.7. The van der Waals surface area contributed by atoms with Crippen molar-refractivity contribution in [2.24, 2.45) is 0 Å². The quantitative estimate of drug-likeness (QED) is 0.609. The van der Waals surface area contributed by atoms with Crippen molar-refractivity contribution >= 4 is 31.9 Å². The molecule has 0 aliphatic rings. The predicted molar refractivity (Wildman–Crippen MR) is 108 cm³/mol. The van der Waals surface area contributed by atoms with E-state index in [1.807, 2.05) is 25.1 Å². The van der Waals surface area contributed by atoms with Crippen molar-refractivity contribution in [2.45, 2.75) is 24.7 Å². The summed E-state index contributed by atoms with van der Waals surface area (Å²) in [6.07, 6.45) is 0.702. The Balaban J connectivity index is 1.79. The molecule has 0 fully saturated rings. The summed E-state index contributed by atoms with van der Waals surface area (Å²) >= 11 is 3.22. The van der Waals surface area contributed by atoms with E-state index in [-0.39, 0.29) is 23.8 Å². The van der Waals surface area contributed by atoms with Crippen molar-refractivity contribution < 1.29 is 17.9 Å². The normalized spacial score (nSPS) is 11.2. The molecule has 0 saturated carbocycles. The monoisotopic (exact) mass is 454 g/mol. The Morgan fingerprint density at radius 1 is 1.15 bits per heavy atom. The van der Waals surface area contributed by atoms with Gasteiger partial charge in [0.1, 0.15) is 5.75 Å². The summed E-state index contributed by atoms with van der Waals surface area (Å²) < 4.78 is 32.7. The van der Waals surface area contributed by atoms with E-state index < -0.39 is 10.0 Å². The van der Waals surface area contributed by atoms with Gasteiger partial charge in [0.25, 0.3) is 0 Å². The number of benzene rings is 2. The summed E-state index contributed by atoms with van der Waals surface area (Å²) in [6, 6.07) is 12.4. The summed E-state index contributed by atoms with van der Waals surface area (Å²) in [5, 5.41) is 2.80. The van der Waals surface area contributed by atoms with E-state index in [0.717, 1.165) is 16.9 Å². The lowest BCUT2D eigenvalue weighted by Gasteiger charge is -2.11. The third kappa shape index (κ3) is 6.34. The van der Waals surface area contributed by atoms with Gasteiger partial charge in [-0.3, -0.25) is 4.79 Å². The smallest absolute Gasteiger partial charge is 0.241 e. The number of methoxy groups -OCH3 is 1. The van der Waals surface area contributed by atoms with Crippen LogP contribution < -0.4 is 14.8 Å². The topological polar surface area (TPSA) is 84.5 Å². The minimum absolute atomic E-state index is 0.0310. The summed E-state index contributed by atoms with van der Waals surface area (Å²) in [4.78, 5) is 12.1. The van der Waals surface area contributed by atoms with Gasteiger partial charge in [-0.2, -0.15) is 0 Å². The van der Waals surface area contributed by atoms with Gasteiger partial charge in [0.2, 0.25) is 15.9 Å². The SMILES string of the molecule is COc1ccc(C)cc1CCNC(=O)CCNS(=O)(=O)c1ccccc1Br. The first-order valence-corrected chi connectivity index (χ1v) is 10.8. The average Bonchev–Trinajstić information content (AvgIpc) is 2.62. The predicted octanol–water partition coefficient (Wildman–Crippen LogP) is 2.79. The molecule has 2 rings (SSSR count). The Hall–Kier alpha value is -1.90. The maximum absolute atomic E-state index is 12.2. The molecular formula is C19H23BrN2O4S. The van der Waals surface area contributed by atoms with E-state index in [1.165, 1.54) is 6.07 Å². The fourth-order valence-electron chi connectivity index (χ4n) is 2.57. The second-order valence-electron chi connectivity index (χ2n) is 5.99. The van der Waals surface area contributed by atoms with Crippen molar-refractivity contribution in [2.75, 3.05) is 20.2 Å². The number of carbonyl (C=O) groups is 1. The number of aryl methyl sites for hydroxylation is 1. The summed E-state index contributed by atoms with van der Waals surface area (Å²) in [6.45, 7) is 2.48. The third-order valence-electron chi connectivity index (χ3n) is 3.92. The lowest BCUT2D eigenvalue weighted by Crippen LogP contribution is -2.31. The highest BCUT2D eigenvalue weighted by Crippen LogP contribution is 2.21. The van der Waals surface area contributed by atoms with E-state index in [2.05, 4.69) is 26.0 Å². The van der Waals surface area contributed by atoms with Crippen LogP contribution in [0.3, 0.4) is 0 Å². The molecule has 0 bridgehead atoms. The Morgan fingerprint density at radius 2 is 1.89 bits per heavy atom. The molecule has 0 aromatic heterocycles. The maximum Gasteiger partial charge on any atom is 0.241 e. The highest BCUT2D eigenvalue weighted by molar-refractivity contribution is 9.10. The average molecular weight is 455 g/mol. The van der Waals surface area contributed by atoms with E-state index in [9.17, 15) is 13.2 Å². The molecule has 0 atom stereocenters. The lowest BCUT2D eigenvalue weighted by atomic mass is 10.1. The van der Waals surface area contributed by atoms with Gasteiger partial charge >= 0.3 is 0 Å². The van der Waals surface area contributed by atoms with Crippen LogP contribution in [0.5, 0.6) is 5.75 Å². The lowest BCUT2D eigenvalue weighted by molar-refractivity contribution is -0.120. The van der Waals surface area contributed by atoms with Gasteiger partial charge in [-0.1, -0.05) is 29.8 Å². The summed E-state index contributed by atoms with van der Waals surface area (Å²) in [5.74, 6) is 0.576. The van der Waals surface area contributed by atoms with Crippen LogP contribution in [-0.4, -0.2) is 34.5 Å². The van der Waals surface area contributed by atoms with Crippen molar-refractivity contribution in [1.29, 1.82) is 0 Å². The Kier molecular flexibility index (Phi) is 7.82. The van der Waals surface area contributed by atoms with Crippen molar-refractivity contribution in [1.82, 2.24) is 10.0 Å². The molecule has 27 heavy (non-hydrogen) atoms. The van der Waals surface area contributed by atoms with Crippen LogP contribution in [0.25, 0.3) is 0 Å². The van der Waals surface area contributed by atoms with E-state index in [4.69, 9.17) is 4.74 Å². The van der Waals surface area contributed by atoms with Gasteiger partial charge in [-0.15, -0.1) is 0 Å². The Bertz CT molecular complexity index is 900. The summed E-state index contributed by atoms with van der Waals surface area (Å²) in [7, 11) is -2.04. The molecule has 0 aliphatic carbocycles. The molecule has 0 aliphatic heterocycles. The van der Waals surface area contributed by atoms with Gasteiger partial charge in [0.15, 0.2) is 0 Å². The first kappa shape index (κ1) is 21.4. The Morgan fingerprint density at radius 3 is 2.59 bits per heavy atom. The second-order valence-corrected chi connectivity index (χ2v) is 8.58. The standard InChI is InChI=1S/C19H23BrN2O4S/c1-14-7-8-17(26-2)15(13-14)9-11-21-19(23)10-12-22-27(24,25)18-6-4-3-5-16(18)20/h3-8,13,22H,9-12H2,1-2H3,(H,21,23). The highest BCUT2D eigenvalue weighted by Gasteiger charge is 2.16. The summed E-state index contributed by atoms with van der Waals surface area (Å²) in [5.41, 5.74) is 2.14. The van der Waals surface area contributed by atoms with Gasteiger partial charge in [-0.05, 0) is 53.0 Å². The Labute approximate surface area is 168 Å². The molecule has 0 spiro atoms. The van der Waals surface area contributed by atoms with Crippen LogP contribution >= 0.6 is 15.9 Å². The number of halogens is 1. The van der Waals surface area contributed by atoms with Crippen LogP contribution in [0.1, 0.15) is 17.5 Å². The molecule has 2 N–H and O–H groups in total. The number of hydrogen-bond donors (Lipinski definition) is 2. The van der Waals surface area contributed by atoms with Crippen LogP contribution in [0, 0.1) is 6.92 Å². The van der Waals surface area contributed by atoms with Gasteiger partial charge in [0, 0.05) is 24.0 Å². The van der Waals surface area contributed by atoms with E-state index in [0.29, 0.717) is 17.4 Å². The van der Waals surface area contributed by atoms with E-state index >= 15 is 0 Å². The zero-order chi connectivity index (χ0) is 19.9. The van der Waals surface area contributed by atoms with Gasteiger partial charge < -0.3 is 10.1 Å². The fraction of sp³-hybridized carbons (Fsp3) is 0.316. The molecule has 1 amide bonds. The largest absolute Gasteiger partial charge is 0.496 e. The number of amides is 1. The molecule has 6 nitrogen and oxygen atoms in total. The first-order chi connectivity index (χ1) is 12.8. The number of sulfonamides is 1. The van der Waals surface area contributed by atoms with Crippen molar-refractivity contribution in [3.05, 3.63) is 58.1 Å². The molecule has 2 aromatic carbocycles. The number of carbonyl (C=O) groups excluding carboxylic acids is 1. The fourth-order valence-corrected chi connectivity index (χ4v) is 4.60. The van der Waals surface area contributed by atoms with Crippen molar-refractivity contribution in [3.8, 4) is 5.75 Å². The molecule has 146 valence electrons.